The number of fused-ring (bicyclic) bond motifs is 2. The lowest BCUT2D eigenvalue weighted by Crippen LogP contribution is -2.05. The van der Waals surface area contributed by atoms with Crippen LogP contribution in [0.5, 0.6) is 0 Å². The topological polar surface area (TPSA) is 34.1 Å². The van der Waals surface area contributed by atoms with E-state index in [1.165, 1.54) is 6.08 Å². The number of ketones is 1. The van der Waals surface area contributed by atoms with Gasteiger partial charge < -0.3 is 0 Å². The van der Waals surface area contributed by atoms with Gasteiger partial charge in [0.2, 0.25) is 0 Å². The Morgan fingerprint density at radius 2 is 1.12 bits per heavy atom. The molecule has 26 heavy (non-hydrogen) atoms. The Morgan fingerprint density at radius 3 is 1.73 bits per heavy atom. The predicted octanol–water partition coefficient (Wildman–Crippen LogP) is 5.46. The predicted molar refractivity (Wildman–Crippen MR) is 106 cm³/mol. The molecule has 0 heterocycles. The van der Waals surface area contributed by atoms with Crippen LogP contribution in [-0.4, -0.2) is 12.1 Å². The number of carbonyl (C=O) groups is 2. The molecule has 4 aromatic carbocycles. The molecule has 124 valence electrons. The van der Waals surface area contributed by atoms with Crippen molar-refractivity contribution in [1.29, 1.82) is 0 Å². The summed E-state index contributed by atoms with van der Waals surface area (Å²) in [5.41, 5.74) is 1.78. The highest BCUT2D eigenvalue weighted by Crippen LogP contribution is 2.29. The van der Waals surface area contributed by atoms with E-state index < -0.39 is 0 Å². The first kappa shape index (κ1) is 16.0. The van der Waals surface area contributed by atoms with Gasteiger partial charge in [-0.05, 0) is 33.2 Å². The second-order valence-corrected chi connectivity index (χ2v) is 6.10. The Kier molecular flexibility index (Phi) is 4.16. The van der Waals surface area contributed by atoms with Crippen LogP contribution in [0.2, 0.25) is 0 Å². The summed E-state index contributed by atoms with van der Waals surface area (Å²) in [6.45, 7) is 0. The van der Waals surface area contributed by atoms with Crippen molar-refractivity contribution in [2.24, 2.45) is 0 Å². The average molecular weight is 336 g/mol. The Labute approximate surface area is 151 Å². The maximum atomic E-state index is 13.4. The lowest BCUT2D eigenvalue weighted by Gasteiger charge is -2.12. The summed E-state index contributed by atoms with van der Waals surface area (Å²) >= 11 is 0. The van der Waals surface area contributed by atoms with E-state index in [1.54, 1.807) is 0 Å². The average Bonchev–Trinajstić information content (AvgIpc) is 2.71. The molecule has 0 fully saturated rings. The van der Waals surface area contributed by atoms with E-state index in [0.717, 1.165) is 27.1 Å². The molecule has 2 heteroatoms. The van der Waals surface area contributed by atoms with Gasteiger partial charge in [-0.1, -0.05) is 84.9 Å². The third kappa shape index (κ3) is 2.72. The van der Waals surface area contributed by atoms with Gasteiger partial charge in [0, 0.05) is 11.1 Å². The molecule has 4 aromatic rings. The molecule has 0 spiro atoms. The zero-order valence-electron chi connectivity index (χ0n) is 14.1. The van der Waals surface area contributed by atoms with Crippen LogP contribution >= 0.6 is 0 Å². The Morgan fingerprint density at radius 1 is 0.615 bits per heavy atom. The summed E-state index contributed by atoms with van der Waals surface area (Å²) in [4.78, 5) is 24.7. The van der Waals surface area contributed by atoms with Gasteiger partial charge in [-0.25, -0.2) is 0 Å². The normalized spacial score (nSPS) is 11.6. The van der Waals surface area contributed by atoms with E-state index in [-0.39, 0.29) is 5.78 Å². The SMILES string of the molecule is O=CC=C(C(=O)c1cccc2ccccc12)c1cccc2ccccc12. The first-order valence-corrected chi connectivity index (χ1v) is 8.45. The van der Waals surface area contributed by atoms with Gasteiger partial charge in [-0.15, -0.1) is 0 Å². The fourth-order valence-corrected chi connectivity index (χ4v) is 3.38. The monoisotopic (exact) mass is 336 g/mol. The largest absolute Gasteiger partial charge is 0.299 e. The number of carbonyl (C=O) groups excluding carboxylic acids is 2. The molecule has 0 aromatic heterocycles. The van der Waals surface area contributed by atoms with Crippen LogP contribution in [0.3, 0.4) is 0 Å². The minimum Gasteiger partial charge on any atom is -0.299 e. The maximum Gasteiger partial charge on any atom is 0.194 e. The van der Waals surface area contributed by atoms with Gasteiger partial charge in [0.15, 0.2) is 5.78 Å². The molecule has 0 aliphatic carbocycles. The van der Waals surface area contributed by atoms with E-state index in [1.807, 2.05) is 84.9 Å². The number of allylic oxidation sites excluding steroid dienone is 2. The molecule has 0 radical (unpaired) electrons. The Balaban J connectivity index is 1.93. The molecule has 0 atom stereocenters. The molecular formula is C24H16O2. The molecule has 0 amide bonds. The number of hydrogen-bond donors (Lipinski definition) is 0. The van der Waals surface area contributed by atoms with Gasteiger partial charge in [0.25, 0.3) is 0 Å². The summed E-state index contributed by atoms with van der Waals surface area (Å²) in [7, 11) is 0. The minimum atomic E-state index is -0.148. The summed E-state index contributed by atoms with van der Waals surface area (Å²) in [6.07, 6.45) is 2.05. The van der Waals surface area contributed by atoms with Gasteiger partial charge >= 0.3 is 0 Å². The van der Waals surface area contributed by atoms with Crippen molar-refractivity contribution in [3.05, 3.63) is 102 Å². The maximum absolute atomic E-state index is 13.4. The molecule has 2 nitrogen and oxygen atoms in total. The molecule has 4 rings (SSSR count). The van der Waals surface area contributed by atoms with Gasteiger partial charge in [-0.3, -0.25) is 9.59 Å². The summed E-state index contributed by atoms with van der Waals surface area (Å²) in [5, 5.41) is 3.88. The smallest absolute Gasteiger partial charge is 0.194 e. The molecular weight excluding hydrogens is 320 g/mol. The van der Waals surface area contributed by atoms with Crippen molar-refractivity contribution in [2.75, 3.05) is 0 Å². The van der Waals surface area contributed by atoms with Crippen LogP contribution < -0.4 is 0 Å². The van der Waals surface area contributed by atoms with Crippen LogP contribution in [-0.2, 0) is 4.79 Å². The molecule has 0 aliphatic heterocycles. The lowest BCUT2D eigenvalue weighted by atomic mass is 9.90. The zero-order valence-corrected chi connectivity index (χ0v) is 14.1. The van der Waals surface area contributed by atoms with Crippen LogP contribution in [0, 0.1) is 0 Å². The zero-order chi connectivity index (χ0) is 17.9. The Hall–Kier alpha value is -3.52. The second-order valence-electron chi connectivity index (χ2n) is 6.10. The van der Waals surface area contributed by atoms with Crippen molar-refractivity contribution >= 4 is 39.2 Å². The minimum absolute atomic E-state index is 0.148. The number of aldehydes is 1. The van der Waals surface area contributed by atoms with E-state index >= 15 is 0 Å². The first-order chi connectivity index (χ1) is 12.8. The van der Waals surface area contributed by atoms with Crippen molar-refractivity contribution in [3.63, 3.8) is 0 Å². The van der Waals surface area contributed by atoms with Crippen molar-refractivity contribution in [3.8, 4) is 0 Å². The second kappa shape index (κ2) is 6.77. The summed E-state index contributed by atoms with van der Waals surface area (Å²) in [5.74, 6) is -0.148. The van der Waals surface area contributed by atoms with Crippen LogP contribution in [0.1, 0.15) is 15.9 Å². The summed E-state index contributed by atoms with van der Waals surface area (Å²) < 4.78 is 0. The van der Waals surface area contributed by atoms with Crippen LogP contribution in [0.25, 0.3) is 27.1 Å². The van der Waals surface area contributed by atoms with Crippen LogP contribution in [0.15, 0.2) is 91.0 Å². The fraction of sp³-hybridized carbons (Fsp3) is 0. The van der Waals surface area contributed by atoms with Crippen molar-refractivity contribution < 1.29 is 9.59 Å². The van der Waals surface area contributed by atoms with E-state index in [0.29, 0.717) is 17.4 Å². The van der Waals surface area contributed by atoms with Gasteiger partial charge in [0.1, 0.15) is 6.29 Å². The lowest BCUT2D eigenvalue weighted by molar-refractivity contribution is -0.104. The molecule has 0 aliphatic rings. The standard InChI is InChI=1S/C24H16O2/c25-16-15-23(21-13-5-9-17-7-1-3-11-19(17)21)24(26)22-14-6-10-18-8-2-4-12-20(18)22/h1-16H. The quantitative estimate of drug-likeness (QED) is 0.282. The van der Waals surface area contributed by atoms with Crippen molar-refractivity contribution in [1.82, 2.24) is 0 Å². The third-order valence-corrected chi connectivity index (χ3v) is 4.59. The Bertz CT molecular complexity index is 1160. The highest BCUT2D eigenvalue weighted by Gasteiger charge is 2.18. The van der Waals surface area contributed by atoms with Crippen molar-refractivity contribution in [2.45, 2.75) is 0 Å². The number of rotatable bonds is 4. The summed E-state index contributed by atoms with van der Waals surface area (Å²) in [6, 6.07) is 27.1. The van der Waals surface area contributed by atoms with E-state index in [2.05, 4.69) is 0 Å². The fourth-order valence-electron chi connectivity index (χ4n) is 3.38. The molecule has 0 saturated carbocycles. The van der Waals surface area contributed by atoms with E-state index in [9.17, 15) is 9.59 Å². The third-order valence-electron chi connectivity index (χ3n) is 4.59. The van der Waals surface area contributed by atoms with E-state index in [4.69, 9.17) is 0 Å². The number of Topliss-reactive ketones (excluding diaryl/α,β-unsaturated/α-hetero) is 1. The number of benzene rings is 4. The van der Waals surface area contributed by atoms with Crippen LogP contribution in [0.4, 0.5) is 0 Å². The number of hydrogen-bond acceptors (Lipinski definition) is 2. The van der Waals surface area contributed by atoms with Gasteiger partial charge in [0.05, 0.1) is 0 Å². The highest BCUT2D eigenvalue weighted by molar-refractivity contribution is 6.35. The molecule has 0 saturated heterocycles. The highest BCUT2D eigenvalue weighted by atomic mass is 16.1. The molecule has 0 N–H and O–H groups in total. The molecule has 0 bridgehead atoms. The van der Waals surface area contributed by atoms with Gasteiger partial charge in [-0.2, -0.15) is 0 Å². The molecule has 0 unspecified atom stereocenters. The first-order valence-electron chi connectivity index (χ1n) is 8.45.